The first-order valence-electron chi connectivity index (χ1n) is 46.0. The Morgan fingerprint density at radius 1 is 0.593 bits per heavy atom. The van der Waals surface area contributed by atoms with E-state index in [0.29, 0.717) is 95.8 Å². The second kappa shape index (κ2) is 49.1. The largest absolute Gasteiger partial charge is 0.549 e. The van der Waals surface area contributed by atoms with Crippen molar-refractivity contribution in [1.29, 1.82) is 0 Å². The minimum Gasteiger partial charge on any atom is -0.549 e. The number of carboxylic acids is 4. The van der Waals surface area contributed by atoms with E-state index in [9.17, 15) is 48.9 Å². The summed E-state index contributed by atoms with van der Waals surface area (Å²) in [7, 11) is 1.63. The van der Waals surface area contributed by atoms with E-state index in [4.69, 9.17) is 65.8 Å². The third-order valence-corrected chi connectivity index (χ3v) is 31.2. The van der Waals surface area contributed by atoms with Crippen molar-refractivity contribution in [1.82, 2.24) is 49.0 Å². The molecule has 1 aliphatic heterocycles. The normalized spacial score (nSPS) is 12.5. The van der Waals surface area contributed by atoms with E-state index >= 15 is 0 Å². The number of hydrogen-bond acceptors (Lipinski definition) is 29. The van der Waals surface area contributed by atoms with Crippen molar-refractivity contribution in [2.24, 2.45) is 5.92 Å². The SMILES string of the molecule is CCCCOc1ccc(-c2nc(SCC(=O)[O-])c3c4c(sc3n2)COC(C)(C)C4)cc1.CCc1ccc2nc(-c3cccc(C)c3)nc(SCC(=O)Nc3cccc(C(=O)[O-])c3)c2c1.COc1ccc(-c2nc(SCC(=O)[O-])c3c4c(sc3n2)CCCC4)cc1.Cc1ccc(C)c(CSc2nc3ccsc3c(=O)n2CC(C)C)c1.O=C(O)CCCCn1c(CCc2ccccc2Cl)nc2ccsc2c1=O. The summed E-state index contributed by atoms with van der Waals surface area (Å²) in [5.41, 5.74) is 14.8. The van der Waals surface area contributed by atoms with Crippen LogP contribution in [0.3, 0.4) is 0 Å². The molecule has 726 valence electrons. The molecule has 0 fully saturated rings. The molecule has 0 spiro atoms. The quantitative estimate of drug-likeness (QED) is 0.0167. The number of nitrogens with zero attached hydrogens (tertiary/aromatic N) is 10. The number of carboxylic acid groups (broad SMARTS) is 4. The van der Waals surface area contributed by atoms with Gasteiger partial charge in [-0.15, -0.1) is 45.3 Å². The number of aliphatic carboxylic acids is 3. The first kappa shape index (κ1) is 104. The molecule has 0 unspecified atom stereocenters. The summed E-state index contributed by atoms with van der Waals surface area (Å²) >= 11 is 17.8. The molecule has 10 heterocycles. The fourth-order valence-electron chi connectivity index (χ4n) is 15.7. The van der Waals surface area contributed by atoms with E-state index in [1.54, 1.807) is 58.2 Å². The number of rotatable bonds is 33. The van der Waals surface area contributed by atoms with Gasteiger partial charge in [-0.25, -0.2) is 39.9 Å². The van der Waals surface area contributed by atoms with Crippen molar-refractivity contribution >= 4 is 191 Å². The molecule has 7 aromatic carbocycles. The van der Waals surface area contributed by atoms with Gasteiger partial charge in [0.1, 0.15) is 51.5 Å². The molecule has 2 aliphatic rings. The number of halogens is 1. The summed E-state index contributed by atoms with van der Waals surface area (Å²) in [6.45, 7) is 21.3. The maximum Gasteiger partial charge on any atom is 0.303 e. The first-order valence-corrected chi connectivity index (χ1v) is 53.7. The Kier molecular flexibility index (Phi) is 36.5. The van der Waals surface area contributed by atoms with Crippen LogP contribution < -0.4 is 41.2 Å². The number of benzene rings is 7. The van der Waals surface area contributed by atoms with Crippen LogP contribution in [0.2, 0.25) is 5.02 Å². The lowest BCUT2D eigenvalue weighted by Gasteiger charge is -2.30. The average Bonchev–Trinajstić information content (AvgIpc) is 1.60. The van der Waals surface area contributed by atoms with Gasteiger partial charge in [0, 0.05) is 103 Å². The standard InChI is InChI=1S/C26H23N3O3S.C23H26N2O4S2.C19H19ClN2O3S.C19H18N2O3S2.C19H22N2OS2/c1-3-17-10-11-22-21(13-17)25(29-24(28-22)18-7-4-6-16(2)12-18)33-15-23(30)27-20-9-5-8-19(14-20)26(31)32;1-4-5-10-28-15-8-6-14(7-9-15)20-24-21(30-13-18(26)27)19-16-11-23(2,3)29-12-17(16)31-22(19)25-20;20-14-6-2-1-5-13(14)8-9-16-21-15-10-12-26-18(15)19(25)22(16)11-4-3-7-17(23)24;1-24-12-8-6-11(7-9-12)17-20-18(25-10-15(22)23)16-13-4-2-3-5-14(13)26-19(16)21-17;1-12(2)10-21-18(22)17-16(7-8-23-17)20-19(21)24-11-15-9-13(3)5-6-14(15)4/h4-14H,3,15H2,1-2H3,(H,27,30)(H,31,32);6-9H,4-5,10-13H2,1-3H3,(H,26,27);1-2,5-6,10,12H,3-4,7-9,11H2,(H,23,24);6-9H,2-5,10H2,1H3,(H,22,23);5-9,12H,10-11H2,1-4H3/p-3. The lowest BCUT2D eigenvalue weighted by atomic mass is 9.94. The molecule has 9 aromatic heterocycles. The van der Waals surface area contributed by atoms with Gasteiger partial charge < -0.3 is 54.3 Å². The lowest BCUT2D eigenvalue weighted by molar-refractivity contribution is -0.302. The molecule has 1 amide bonds. The molecule has 0 saturated carbocycles. The number of thiophene rings is 4. The predicted octanol–water partition coefficient (Wildman–Crippen LogP) is 20.8. The Hall–Kier alpha value is -11.8. The number of ether oxygens (including phenoxy) is 3. The number of anilines is 1. The van der Waals surface area contributed by atoms with Gasteiger partial charge in [0.25, 0.3) is 11.1 Å². The van der Waals surface area contributed by atoms with Crippen molar-refractivity contribution in [3.8, 4) is 45.7 Å². The van der Waals surface area contributed by atoms with Crippen LogP contribution in [0.15, 0.2) is 210 Å². The van der Waals surface area contributed by atoms with Gasteiger partial charge in [0.15, 0.2) is 22.6 Å². The number of thioether (sulfide) groups is 4. The molecular formula is C106H105ClN11O14S8-3. The Morgan fingerprint density at radius 3 is 1.87 bits per heavy atom. The fourth-order valence-corrected chi connectivity index (χ4v) is 23.4. The maximum atomic E-state index is 12.8. The maximum absolute atomic E-state index is 12.8. The van der Waals surface area contributed by atoms with Gasteiger partial charge in [-0.1, -0.05) is 177 Å². The molecule has 34 heteroatoms. The van der Waals surface area contributed by atoms with Crippen LogP contribution in [0.25, 0.3) is 85.9 Å². The van der Waals surface area contributed by atoms with E-state index in [1.807, 2.05) is 138 Å². The molecule has 0 saturated heterocycles. The highest BCUT2D eigenvalue weighted by Crippen LogP contribution is 2.45. The Morgan fingerprint density at radius 2 is 1.22 bits per heavy atom. The zero-order valence-corrected chi connectivity index (χ0v) is 86.4. The van der Waals surface area contributed by atoms with E-state index < -0.39 is 23.9 Å². The van der Waals surface area contributed by atoms with Gasteiger partial charge in [-0.05, 0) is 245 Å². The molecule has 1 aliphatic carbocycles. The first-order chi connectivity index (χ1) is 67.4. The highest BCUT2D eigenvalue weighted by molar-refractivity contribution is 8.00. The highest BCUT2D eigenvalue weighted by Gasteiger charge is 2.32. The average molecular weight is 2050 g/mol. The number of fused-ring (bicyclic) bond motifs is 9. The molecule has 0 bridgehead atoms. The van der Waals surface area contributed by atoms with Gasteiger partial charge in [-0.2, -0.15) is 0 Å². The number of hydrogen-bond donors (Lipinski definition) is 2. The van der Waals surface area contributed by atoms with Crippen LogP contribution in [0.1, 0.15) is 157 Å². The summed E-state index contributed by atoms with van der Waals surface area (Å²) in [5, 5.41) is 55.1. The number of amides is 1. The van der Waals surface area contributed by atoms with Crippen molar-refractivity contribution < 1.29 is 58.6 Å². The van der Waals surface area contributed by atoms with Gasteiger partial charge in [-0.3, -0.25) is 28.3 Å². The summed E-state index contributed by atoms with van der Waals surface area (Å²) in [4.78, 5) is 124. The molecule has 25 nitrogen and oxygen atoms in total. The zero-order valence-electron chi connectivity index (χ0n) is 79.1. The molecule has 18 rings (SSSR count). The Labute approximate surface area is 848 Å². The number of aromatic carboxylic acids is 1. The minimum atomic E-state index is -1.29. The third-order valence-electron chi connectivity index (χ3n) is 22.9. The molecule has 0 atom stereocenters. The summed E-state index contributed by atoms with van der Waals surface area (Å²) < 4.78 is 21.8. The van der Waals surface area contributed by atoms with Gasteiger partial charge in [0.05, 0.1) is 66.1 Å². The Balaban J connectivity index is 0.000000140. The van der Waals surface area contributed by atoms with Gasteiger partial charge in [0.2, 0.25) is 5.91 Å². The number of unbranched alkanes of at least 4 members (excludes halogenated alkanes) is 2. The van der Waals surface area contributed by atoms with Crippen LogP contribution in [0.4, 0.5) is 5.69 Å². The monoisotopic (exact) mass is 2050 g/mol. The lowest BCUT2D eigenvalue weighted by Crippen LogP contribution is -2.31. The zero-order chi connectivity index (χ0) is 99.3. The van der Waals surface area contributed by atoms with E-state index in [-0.39, 0.29) is 51.9 Å². The highest BCUT2D eigenvalue weighted by atomic mass is 35.5. The number of aryl methyl sites for hydroxylation is 8. The molecule has 16 aromatic rings. The molecule has 0 radical (unpaired) electrons. The van der Waals surface area contributed by atoms with Crippen LogP contribution in [-0.4, -0.2) is 120 Å². The predicted molar refractivity (Wildman–Crippen MR) is 561 cm³/mol. The molecule has 140 heavy (non-hydrogen) atoms. The van der Waals surface area contributed by atoms with E-state index in [0.717, 1.165) is 163 Å². The van der Waals surface area contributed by atoms with Crippen molar-refractivity contribution in [3.05, 3.63) is 272 Å². The second-order valence-corrected chi connectivity index (χ2v) is 42.8. The van der Waals surface area contributed by atoms with Crippen LogP contribution in [-0.2, 0) is 87.9 Å². The summed E-state index contributed by atoms with van der Waals surface area (Å²) in [5.74, 6) is 0.626. The van der Waals surface area contributed by atoms with Crippen molar-refractivity contribution in [2.75, 3.05) is 36.3 Å². The summed E-state index contributed by atoms with van der Waals surface area (Å²) in [6, 6.07) is 53.4. The number of methoxy groups -OCH3 is 1. The van der Waals surface area contributed by atoms with Crippen LogP contribution >= 0.6 is 104 Å². The van der Waals surface area contributed by atoms with Crippen molar-refractivity contribution in [3.63, 3.8) is 0 Å². The third kappa shape index (κ3) is 27.5. The fraction of sp³-hybridized carbons (Fsp3) is 0.311. The number of carbonyl (C=O) groups is 5. The topological polar surface area (TPSA) is 362 Å². The van der Waals surface area contributed by atoms with Gasteiger partial charge >= 0.3 is 5.97 Å². The molecule has 2 N–H and O–H groups in total. The number of carbonyl (C=O) groups excluding carboxylic acids is 4. The summed E-state index contributed by atoms with van der Waals surface area (Å²) in [6.07, 6.45) is 10.7. The molecular weight excluding hydrogens is 1940 g/mol. The van der Waals surface area contributed by atoms with Crippen LogP contribution in [0.5, 0.6) is 11.5 Å². The van der Waals surface area contributed by atoms with Crippen LogP contribution in [0, 0.1) is 26.7 Å². The van der Waals surface area contributed by atoms with E-state index in [1.165, 1.54) is 115 Å². The number of nitrogens with one attached hydrogen (secondary N) is 1. The van der Waals surface area contributed by atoms with E-state index in [2.05, 4.69) is 96.0 Å². The minimum absolute atomic E-state index is 0.0112. The van der Waals surface area contributed by atoms with Crippen molar-refractivity contribution in [2.45, 2.75) is 197 Å². The second-order valence-electron chi connectivity index (χ2n) is 34.5. The smallest absolute Gasteiger partial charge is 0.303 e. The Bertz CT molecular complexity index is 7300. The number of aromatic nitrogens is 10.